The standard InChI is InChI=1S/C9H18N2/c1-4-5-6-9-7(2)10-11-8(9)3/h7,9-10H,4-6H2,1-3H3. The van der Waals surface area contributed by atoms with Crippen molar-refractivity contribution in [1.29, 1.82) is 0 Å². The molecule has 11 heavy (non-hydrogen) atoms. The third kappa shape index (κ3) is 1.95. The topological polar surface area (TPSA) is 24.4 Å². The van der Waals surface area contributed by atoms with E-state index in [0.29, 0.717) is 12.0 Å². The molecule has 0 aromatic carbocycles. The van der Waals surface area contributed by atoms with E-state index in [0.717, 1.165) is 0 Å². The molecule has 2 nitrogen and oxygen atoms in total. The average Bonchev–Trinajstić information content (AvgIpc) is 2.29. The van der Waals surface area contributed by atoms with E-state index >= 15 is 0 Å². The van der Waals surface area contributed by atoms with Gasteiger partial charge in [0.05, 0.1) is 0 Å². The number of rotatable bonds is 3. The summed E-state index contributed by atoms with van der Waals surface area (Å²) in [5, 5.41) is 4.22. The van der Waals surface area contributed by atoms with E-state index in [9.17, 15) is 0 Å². The minimum absolute atomic E-state index is 0.557. The number of hydrazone groups is 1. The Labute approximate surface area is 69.1 Å². The predicted molar refractivity (Wildman–Crippen MR) is 48.7 cm³/mol. The zero-order valence-electron chi connectivity index (χ0n) is 7.72. The Morgan fingerprint density at radius 1 is 1.55 bits per heavy atom. The zero-order valence-corrected chi connectivity index (χ0v) is 7.72. The molecule has 0 aliphatic carbocycles. The molecule has 2 atom stereocenters. The molecule has 1 aliphatic rings. The maximum Gasteiger partial charge on any atom is 0.0492 e. The van der Waals surface area contributed by atoms with Crippen LogP contribution in [0.25, 0.3) is 0 Å². The summed E-state index contributed by atoms with van der Waals surface area (Å²) in [4.78, 5) is 0. The van der Waals surface area contributed by atoms with Crippen molar-refractivity contribution >= 4 is 5.71 Å². The van der Waals surface area contributed by atoms with Gasteiger partial charge in [0.1, 0.15) is 0 Å². The number of hydrogen-bond donors (Lipinski definition) is 1. The number of unbranched alkanes of at least 4 members (excludes halogenated alkanes) is 1. The van der Waals surface area contributed by atoms with E-state index < -0.39 is 0 Å². The van der Waals surface area contributed by atoms with Gasteiger partial charge in [-0.05, 0) is 20.3 Å². The van der Waals surface area contributed by atoms with Gasteiger partial charge in [0.15, 0.2) is 0 Å². The second-order valence-corrected chi connectivity index (χ2v) is 3.42. The van der Waals surface area contributed by atoms with Crippen molar-refractivity contribution in [3.8, 4) is 0 Å². The maximum absolute atomic E-state index is 4.22. The first kappa shape index (κ1) is 8.57. The van der Waals surface area contributed by atoms with Crippen LogP contribution in [0.5, 0.6) is 0 Å². The molecule has 1 aliphatic heterocycles. The van der Waals surface area contributed by atoms with E-state index in [1.165, 1.54) is 25.0 Å². The van der Waals surface area contributed by atoms with Crippen LogP contribution < -0.4 is 5.43 Å². The molecular weight excluding hydrogens is 136 g/mol. The molecule has 1 heterocycles. The van der Waals surface area contributed by atoms with Crippen molar-refractivity contribution < 1.29 is 0 Å². The molecule has 0 radical (unpaired) electrons. The van der Waals surface area contributed by atoms with Gasteiger partial charge in [-0.2, -0.15) is 5.10 Å². The van der Waals surface area contributed by atoms with E-state index in [4.69, 9.17) is 0 Å². The molecule has 0 amide bonds. The first-order chi connectivity index (χ1) is 5.25. The van der Waals surface area contributed by atoms with Gasteiger partial charge in [0, 0.05) is 17.7 Å². The van der Waals surface area contributed by atoms with E-state index in [1.54, 1.807) is 0 Å². The molecule has 0 spiro atoms. The van der Waals surface area contributed by atoms with Crippen LogP contribution in [0.2, 0.25) is 0 Å². The summed E-state index contributed by atoms with van der Waals surface area (Å²) in [6.45, 7) is 6.57. The normalized spacial score (nSPS) is 29.9. The molecule has 0 fully saturated rings. The number of nitrogens with one attached hydrogen (secondary N) is 1. The maximum atomic E-state index is 4.22. The van der Waals surface area contributed by atoms with E-state index in [2.05, 4.69) is 31.3 Å². The highest BCUT2D eigenvalue weighted by Crippen LogP contribution is 2.18. The second-order valence-electron chi connectivity index (χ2n) is 3.42. The highest BCUT2D eigenvalue weighted by atomic mass is 15.3. The highest BCUT2D eigenvalue weighted by Gasteiger charge is 2.23. The van der Waals surface area contributed by atoms with Crippen LogP contribution >= 0.6 is 0 Å². The highest BCUT2D eigenvalue weighted by molar-refractivity contribution is 5.86. The fourth-order valence-corrected chi connectivity index (χ4v) is 1.62. The predicted octanol–water partition coefficient (Wildman–Crippen LogP) is 2.16. The zero-order chi connectivity index (χ0) is 8.27. The molecule has 64 valence electrons. The largest absolute Gasteiger partial charge is 0.307 e. The molecule has 1 N–H and O–H groups in total. The Balaban J connectivity index is 2.36. The molecule has 2 heteroatoms. The van der Waals surface area contributed by atoms with Gasteiger partial charge in [0.2, 0.25) is 0 Å². The van der Waals surface area contributed by atoms with Gasteiger partial charge in [0.25, 0.3) is 0 Å². The summed E-state index contributed by atoms with van der Waals surface area (Å²) in [7, 11) is 0. The average molecular weight is 154 g/mol. The van der Waals surface area contributed by atoms with E-state index in [-0.39, 0.29) is 0 Å². The third-order valence-corrected chi connectivity index (χ3v) is 2.45. The van der Waals surface area contributed by atoms with Crippen LogP contribution in [0.15, 0.2) is 5.10 Å². The quantitative estimate of drug-likeness (QED) is 0.662. The van der Waals surface area contributed by atoms with Crippen LogP contribution in [0.4, 0.5) is 0 Å². The SMILES string of the molecule is CCCCC1C(C)=NNC1C. The van der Waals surface area contributed by atoms with Gasteiger partial charge in [-0.15, -0.1) is 0 Å². The van der Waals surface area contributed by atoms with Crippen LogP contribution in [0.3, 0.4) is 0 Å². The minimum Gasteiger partial charge on any atom is -0.307 e. The molecule has 0 aromatic heterocycles. The van der Waals surface area contributed by atoms with Crippen molar-refractivity contribution in [2.45, 2.75) is 46.1 Å². The molecule has 1 rings (SSSR count). The van der Waals surface area contributed by atoms with Crippen LogP contribution in [0.1, 0.15) is 40.0 Å². The Morgan fingerprint density at radius 3 is 2.73 bits per heavy atom. The summed E-state index contributed by atoms with van der Waals surface area (Å²) < 4.78 is 0. The van der Waals surface area contributed by atoms with Gasteiger partial charge in [-0.3, -0.25) is 0 Å². The Morgan fingerprint density at radius 2 is 2.27 bits per heavy atom. The first-order valence-corrected chi connectivity index (χ1v) is 4.55. The lowest BCUT2D eigenvalue weighted by atomic mass is 9.93. The molecule has 2 unspecified atom stereocenters. The third-order valence-electron chi connectivity index (χ3n) is 2.45. The van der Waals surface area contributed by atoms with Crippen molar-refractivity contribution in [3.63, 3.8) is 0 Å². The van der Waals surface area contributed by atoms with Gasteiger partial charge in [-0.1, -0.05) is 19.8 Å². The summed E-state index contributed by atoms with van der Waals surface area (Å²) >= 11 is 0. The fourth-order valence-electron chi connectivity index (χ4n) is 1.62. The van der Waals surface area contributed by atoms with Gasteiger partial charge >= 0.3 is 0 Å². The van der Waals surface area contributed by atoms with Crippen molar-refractivity contribution in [3.05, 3.63) is 0 Å². The fraction of sp³-hybridized carbons (Fsp3) is 0.889. The molecule has 0 saturated heterocycles. The van der Waals surface area contributed by atoms with E-state index in [1.807, 2.05) is 0 Å². The molecule has 0 bridgehead atoms. The van der Waals surface area contributed by atoms with Gasteiger partial charge in [-0.25, -0.2) is 0 Å². The molecular formula is C9H18N2. The Kier molecular flexibility index (Phi) is 2.92. The van der Waals surface area contributed by atoms with Crippen LogP contribution in [0, 0.1) is 5.92 Å². The Bertz CT molecular complexity index is 152. The molecule has 0 saturated carbocycles. The van der Waals surface area contributed by atoms with Crippen LogP contribution in [-0.2, 0) is 0 Å². The second kappa shape index (κ2) is 3.74. The minimum atomic E-state index is 0.557. The number of nitrogens with zero attached hydrogens (tertiary/aromatic N) is 1. The lowest BCUT2D eigenvalue weighted by molar-refractivity contribution is 0.471. The van der Waals surface area contributed by atoms with Crippen molar-refractivity contribution in [2.75, 3.05) is 0 Å². The lowest BCUT2D eigenvalue weighted by Crippen LogP contribution is -2.25. The summed E-state index contributed by atoms with van der Waals surface area (Å²) in [6.07, 6.45) is 3.90. The monoisotopic (exact) mass is 154 g/mol. The van der Waals surface area contributed by atoms with Crippen LogP contribution in [-0.4, -0.2) is 11.8 Å². The summed E-state index contributed by atoms with van der Waals surface area (Å²) in [6, 6.07) is 0.557. The smallest absolute Gasteiger partial charge is 0.0492 e. The summed E-state index contributed by atoms with van der Waals surface area (Å²) in [5.41, 5.74) is 4.40. The molecule has 0 aromatic rings. The summed E-state index contributed by atoms with van der Waals surface area (Å²) in [5.74, 6) is 0.690. The van der Waals surface area contributed by atoms with Crippen molar-refractivity contribution in [1.82, 2.24) is 5.43 Å². The Hall–Kier alpha value is -0.530. The number of hydrogen-bond acceptors (Lipinski definition) is 2. The van der Waals surface area contributed by atoms with Gasteiger partial charge < -0.3 is 5.43 Å². The lowest BCUT2D eigenvalue weighted by Gasteiger charge is -2.14. The van der Waals surface area contributed by atoms with Crippen molar-refractivity contribution in [2.24, 2.45) is 11.0 Å². The first-order valence-electron chi connectivity index (χ1n) is 4.55.